The van der Waals surface area contributed by atoms with E-state index in [0.29, 0.717) is 12.8 Å². The summed E-state index contributed by atoms with van der Waals surface area (Å²) in [5.74, 6) is -2.24. The third-order valence-corrected chi connectivity index (χ3v) is 1.31. The summed E-state index contributed by atoms with van der Waals surface area (Å²) in [7, 11) is 0. The Hall–Kier alpha value is -1.20. The van der Waals surface area contributed by atoms with E-state index in [1.807, 2.05) is 5.32 Å². The molecule has 0 radical (unpaired) electrons. The van der Waals surface area contributed by atoms with Gasteiger partial charge < -0.3 is 10.4 Å². The maximum atomic E-state index is 11.6. The van der Waals surface area contributed by atoms with Crippen molar-refractivity contribution in [2.75, 3.05) is 6.54 Å². The van der Waals surface area contributed by atoms with Gasteiger partial charge in [0.25, 0.3) is 5.91 Å². The van der Waals surface area contributed by atoms with E-state index in [-0.39, 0.29) is 13.0 Å². The van der Waals surface area contributed by atoms with Crippen molar-refractivity contribution >= 4 is 11.9 Å². The lowest BCUT2D eigenvalue weighted by atomic mass is 10.2. The smallest absolute Gasteiger partial charge is 0.315 e. The summed E-state index contributed by atoms with van der Waals surface area (Å²) < 4.78 is 23.1. The minimum atomic E-state index is -3.00. The van der Waals surface area contributed by atoms with E-state index in [9.17, 15) is 18.4 Å². The van der Waals surface area contributed by atoms with Gasteiger partial charge in [0, 0.05) is 13.0 Å². The van der Waals surface area contributed by atoms with Gasteiger partial charge in [0.1, 0.15) is 0 Å². The van der Waals surface area contributed by atoms with Crippen LogP contribution in [0, 0.1) is 0 Å². The number of hydrogen-bond donors (Lipinski definition) is 2. The van der Waals surface area contributed by atoms with Gasteiger partial charge in [0.15, 0.2) is 0 Å². The Morgan fingerprint density at radius 1 is 1.31 bits per heavy atom. The zero-order chi connectivity index (χ0) is 10.3. The summed E-state index contributed by atoms with van der Waals surface area (Å²) in [6.45, 7) is 0.0937. The molecule has 0 fully saturated rings. The van der Waals surface area contributed by atoms with Gasteiger partial charge in [-0.2, -0.15) is 8.78 Å². The second kappa shape index (κ2) is 6.33. The second-order valence-electron chi connectivity index (χ2n) is 2.44. The minimum Gasteiger partial charge on any atom is -0.481 e. The molecule has 2 N–H and O–H groups in total. The van der Waals surface area contributed by atoms with Gasteiger partial charge in [0.05, 0.1) is 0 Å². The van der Waals surface area contributed by atoms with E-state index in [2.05, 4.69) is 0 Å². The molecule has 0 unspecified atom stereocenters. The number of unbranched alkanes of at least 4 members (excludes halogenated alkanes) is 1. The third kappa shape index (κ3) is 7.17. The van der Waals surface area contributed by atoms with Gasteiger partial charge in [-0.25, -0.2) is 0 Å². The molecule has 0 bridgehead atoms. The maximum Gasteiger partial charge on any atom is 0.315 e. The highest BCUT2D eigenvalue weighted by Crippen LogP contribution is 1.95. The Labute approximate surface area is 73.9 Å². The number of alkyl halides is 2. The molecule has 0 atom stereocenters. The molecule has 13 heavy (non-hydrogen) atoms. The van der Waals surface area contributed by atoms with E-state index in [0.717, 1.165) is 0 Å². The first-order valence-electron chi connectivity index (χ1n) is 3.81. The first-order chi connectivity index (χ1) is 6.04. The van der Waals surface area contributed by atoms with Crippen LogP contribution in [0.1, 0.15) is 19.3 Å². The van der Waals surface area contributed by atoms with Crippen molar-refractivity contribution in [3.63, 3.8) is 0 Å². The zero-order valence-corrected chi connectivity index (χ0v) is 6.93. The van der Waals surface area contributed by atoms with Crippen LogP contribution >= 0.6 is 0 Å². The standard InChI is InChI=1S/C7H11F2NO3/c8-6(9)7(13)10-4-2-1-3-5(11)12/h6H,1-4H2,(H,10,13)(H,11,12). The number of nitrogens with one attached hydrogen (secondary N) is 1. The van der Waals surface area contributed by atoms with Gasteiger partial charge in [-0.05, 0) is 12.8 Å². The highest BCUT2D eigenvalue weighted by molar-refractivity contribution is 5.78. The van der Waals surface area contributed by atoms with Gasteiger partial charge in [0.2, 0.25) is 0 Å². The van der Waals surface area contributed by atoms with E-state index >= 15 is 0 Å². The average molecular weight is 195 g/mol. The molecule has 1 amide bonds. The van der Waals surface area contributed by atoms with Crippen molar-refractivity contribution in [3.8, 4) is 0 Å². The zero-order valence-electron chi connectivity index (χ0n) is 6.93. The number of hydrogen-bond acceptors (Lipinski definition) is 2. The summed E-state index contributed by atoms with van der Waals surface area (Å²) in [6, 6.07) is 0. The second-order valence-corrected chi connectivity index (χ2v) is 2.44. The Kier molecular flexibility index (Phi) is 5.75. The number of carboxylic acids is 1. The van der Waals surface area contributed by atoms with Crippen LogP contribution in [0.2, 0.25) is 0 Å². The molecule has 0 heterocycles. The number of aliphatic carboxylic acids is 1. The Balaban J connectivity index is 3.26. The molecule has 0 spiro atoms. The summed E-state index contributed by atoms with van der Waals surface area (Å²) in [4.78, 5) is 20.3. The van der Waals surface area contributed by atoms with Crippen LogP contribution in [0.3, 0.4) is 0 Å². The molecule has 4 nitrogen and oxygen atoms in total. The van der Waals surface area contributed by atoms with E-state index in [4.69, 9.17) is 5.11 Å². The molecule has 0 aliphatic carbocycles. The Morgan fingerprint density at radius 2 is 1.92 bits per heavy atom. The van der Waals surface area contributed by atoms with E-state index in [1.54, 1.807) is 0 Å². The normalized spacial score (nSPS) is 10.1. The fourth-order valence-electron chi connectivity index (χ4n) is 0.690. The predicted molar refractivity (Wildman–Crippen MR) is 40.5 cm³/mol. The number of carboxylic acid groups (broad SMARTS) is 1. The van der Waals surface area contributed by atoms with Crippen LogP contribution in [-0.2, 0) is 9.59 Å². The Bertz CT molecular complexity index is 185. The quantitative estimate of drug-likeness (QED) is 0.610. The van der Waals surface area contributed by atoms with Gasteiger partial charge in [-0.15, -0.1) is 0 Å². The lowest BCUT2D eigenvalue weighted by Crippen LogP contribution is -2.30. The fourth-order valence-corrected chi connectivity index (χ4v) is 0.690. The molecule has 0 aliphatic heterocycles. The molecular weight excluding hydrogens is 184 g/mol. The lowest BCUT2D eigenvalue weighted by Gasteiger charge is -2.02. The molecule has 0 aromatic carbocycles. The van der Waals surface area contributed by atoms with Crippen LogP contribution in [0.15, 0.2) is 0 Å². The molecule has 0 rings (SSSR count). The summed E-state index contributed by atoms with van der Waals surface area (Å²) in [6.07, 6.45) is -2.24. The highest BCUT2D eigenvalue weighted by Gasteiger charge is 2.13. The van der Waals surface area contributed by atoms with E-state index < -0.39 is 18.3 Å². The van der Waals surface area contributed by atoms with Crippen LogP contribution < -0.4 is 5.32 Å². The maximum absolute atomic E-state index is 11.6. The number of amides is 1. The van der Waals surface area contributed by atoms with Crippen LogP contribution in [-0.4, -0.2) is 30.0 Å². The average Bonchev–Trinajstić information content (AvgIpc) is 2.02. The molecular formula is C7H11F2NO3. The SMILES string of the molecule is O=C(O)CCCCNC(=O)C(F)F. The highest BCUT2D eigenvalue weighted by atomic mass is 19.3. The van der Waals surface area contributed by atoms with Gasteiger partial charge in [-0.1, -0.05) is 0 Å². The summed E-state index contributed by atoms with van der Waals surface area (Å²) in [5, 5.41) is 10.2. The molecule has 0 aliphatic rings. The molecule has 0 aromatic rings. The lowest BCUT2D eigenvalue weighted by molar-refractivity contribution is -0.137. The number of halogens is 2. The topological polar surface area (TPSA) is 66.4 Å². The number of carbonyl (C=O) groups excluding carboxylic acids is 1. The molecule has 6 heteroatoms. The fraction of sp³-hybridized carbons (Fsp3) is 0.714. The van der Waals surface area contributed by atoms with E-state index in [1.165, 1.54) is 0 Å². The molecule has 0 saturated carbocycles. The number of rotatable bonds is 6. The predicted octanol–water partition coefficient (Wildman–Crippen LogP) is 0.623. The summed E-state index contributed by atoms with van der Waals surface area (Å²) in [5.41, 5.74) is 0. The van der Waals surface area contributed by atoms with Crippen molar-refractivity contribution in [1.29, 1.82) is 0 Å². The first-order valence-corrected chi connectivity index (χ1v) is 3.81. The minimum absolute atomic E-state index is 0.00938. The van der Waals surface area contributed by atoms with Crippen LogP contribution in [0.25, 0.3) is 0 Å². The van der Waals surface area contributed by atoms with Crippen molar-refractivity contribution in [3.05, 3.63) is 0 Å². The molecule has 0 saturated heterocycles. The van der Waals surface area contributed by atoms with Gasteiger partial charge >= 0.3 is 12.4 Å². The third-order valence-electron chi connectivity index (χ3n) is 1.31. The van der Waals surface area contributed by atoms with Crippen LogP contribution in [0.4, 0.5) is 8.78 Å². The first kappa shape index (κ1) is 11.8. The number of carbonyl (C=O) groups is 2. The van der Waals surface area contributed by atoms with Crippen molar-refractivity contribution in [2.45, 2.75) is 25.7 Å². The van der Waals surface area contributed by atoms with Crippen LogP contribution in [0.5, 0.6) is 0 Å². The summed E-state index contributed by atoms with van der Waals surface area (Å²) >= 11 is 0. The van der Waals surface area contributed by atoms with Crippen molar-refractivity contribution < 1.29 is 23.5 Å². The van der Waals surface area contributed by atoms with Gasteiger partial charge in [-0.3, -0.25) is 9.59 Å². The molecule has 76 valence electrons. The Morgan fingerprint density at radius 3 is 2.38 bits per heavy atom. The molecule has 0 aromatic heterocycles. The monoisotopic (exact) mass is 195 g/mol. The van der Waals surface area contributed by atoms with Crippen molar-refractivity contribution in [1.82, 2.24) is 5.32 Å². The van der Waals surface area contributed by atoms with Crippen molar-refractivity contribution in [2.24, 2.45) is 0 Å². The largest absolute Gasteiger partial charge is 0.481 e.